The van der Waals surface area contributed by atoms with Gasteiger partial charge in [0.1, 0.15) is 0 Å². The number of carboxylic acids is 1. The highest BCUT2D eigenvalue weighted by atomic mass is 79.9. The van der Waals surface area contributed by atoms with Crippen molar-refractivity contribution in [1.82, 2.24) is 0 Å². The number of carbonyl (C=O) groups is 1. The number of halogens is 2. The molecule has 0 saturated carbocycles. The Bertz CT molecular complexity index is 121. The zero-order chi connectivity index (χ0) is 7.65. The summed E-state index contributed by atoms with van der Waals surface area (Å²) in [6.07, 6.45) is 0. The number of carboxylic acid groups (broad SMARTS) is 1. The fraction of sp³-hybridized carbons (Fsp3) is 0.750. The zero-order valence-corrected chi connectivity index (χ0v) is 7.81. The van der Waals surface area contributed by atoms with Gasteiger partial charge in [-0.15, -0.1) is 0 Å². The van der Waals surface area contributed by atoms with Crippen molar-refractivity contribution >= 4 is 37.8 Å². The van der Waals surface area contributed by atoms with E-state index in [2.05, 4.69) is 31.9 Å². The van der Waals surface area contributed by atoms with Crippen LogP contribution in [0.3, 0.4) is 0 Å². The molecule has 0 aliphatic heterocycles. The summed E-state index contributed by atoms with van der Waals surface area (Å²) >= 11 is 5.54. The summed E-state index contributed by atoms with van der Waals surface area (Å²) in [7, 11) is 0. The van der Waals surface area contributed by atoms with Gasteiger partial charge in [0.05, 0.1) is 4.83 Å². The third-order valence-corrected chi connectivity index (χ3v) is 3.13. The summed E-state index contributed by atoms with van der Waals surface area (Å²) in [5.74, 6) is -1.30. The number of aliphatic hydroxyl groups is 1. The smallest absolute Gasteiger partial charge is 0.348 e. The van der Waals surface area contributed by atoms with Crippen LogP contribution in [-0.2, 0) is 4.79 Å². The van der Waals surface area contributed by atoms with Crippen molar-refractivity contribution in [1.29, 1.82) is 0 Å². The Morgan fingerprint density at radius 2 is 2.11 bits per heavy atom. The Balaban J connectivity index is 4.19. The zero-order valence-electron chi connectivity index (χ0n) is 4.64. The fourth-order valence-electron chi connectivity index (χ4n) is 0.170. The molecule has 0 aromatic carbocycles. The van der Waals surface area contributed by atoms with E-state index in [9.17, 15) is 4.79 Å². The predicted octanol–water partition coefficient (Wildman–Crippen LogP) is 0.938. The molecule has 54 valence electrons. The van der Waals surface area contributed by atoms with Gasteiger partial charge in [0.25, 0.3) is 0 Å². The Hall–Kier alpha value is 0.390. The molecule has 0 radical (unpaired) electrons. The number of hydrogen-bond donors (Lipinski definition) is 2. The van der Waals surface area contributed by atoms with Gasteiger partial charge in [-0.05, 0) is 22.9 Å². The van der Waals surface area contributed by atoms with Crippen LogP contribution in [0.5, 0.6) is 0 Å². The molecular weight excluding hydrogens is 256 g/mol. The minimum Gasteiger partial charge on any atom is -0.478 e. The van der Waals surface area contributed by atoms with E-state index in [0.29, 0.717) is 0 Å². The maximum atomic E-state index is 10.1. The summed E-state index contributed by atoms with van der Waals surface area (Å²) in [5, 5.41) is 17.2. The first-order chi connectivity index (χ1) is 3.89. The molecule has 3 nitrogen and oxygen atoms in total. The van der Waals surface area contributed by atoms with Gasteiger partial charge in [0.2, 0.25) is 4.51 Å². The van der Waals surface area contributed by atoms with Gasteiger partial charge in [-0.3, -0.25) is 0 Å². The van der Waals surface area contributed by atoms with E-state index in [4.69, 9.17) is 10.2 Å². The van der Waals surface area contributed by atoms with Crippen LogP contribution >= 0.6 is 31.9 Å². The first-order valence-corrected chi connectivity index (χ1v) is 3.88. The molecule has 0 saturated heterocycles. The number of alkyl halides is 2. The highest BCUT2D eigenvalue weighted by Gasteiger charge is 2.37. The molecule has 0 aromatic heterocycles. The van der Waals surface area contributed by atoms with Crippen LogP contribution in [0.1, 0.15) is 6.92 Å². The maximum Gasteiger partial charge on any atom is 0.348 e. The van der Waals surface area contributed by atoms with Gasteiger partial charge in [0.15, 0.2) is 0 Å². The molecule has 0 aliphatic rings. The van der Waals surface area contributed by atoms with Crippen molar-refractivity contribution in [2.24, 2.45) is 0 Å². The van der Waals surface area contributed by atoms with Crippen molar-refractivity contribution in [3.05, 3.63) is 0 Å². The van der Waals surface area contributed by atoms with Gasteiger partial charge in [-0.25, -0.2) is 4.79 Å². The minimum atomic E-state index is -1.85. The van der Waals surface area contributed by atoms with Crippen LogP contribution in [0.2, 0.25) is 0 Å². The second-order valence-corrected chi connectivity index (χ2v) is 4.18. The van der Waals surface area contributed by atoms with Crippen molar-refractivity contribution in [3.8, 4) is 0 Å². The highest BCUT2D eigenvalue weighted by molar-refractivity contribution is 9.12. The largest absolute Gasteiger partial charge is 0.478 e. The van der Waals surface area contributed by atoms with Gasteiger partial charge in [-0.1, -0.05) is 15.9 Å². The fourth-order valence-corrected chi connectivity index (χ4v) is 0.366. The van der Waals surface area contributed by atoms with E-state index in [-0.39, 0.29) is 0 Å². The molecule has 2 N–H and O–H groups in total. The van der Waals surface area contributed by atoms with Gasteiger partial charge < -0.3 is 10.2 Å². The van der Waals surface area contributed by atoms with E-state index in [1.165, 1.54) is 6.92 Å². The van der Waals surface area contributed by atoms with Crippen LogP contribution < -0.4 is 0 Å². The standard InChI is InChI=1S/C4H6Br2O3/c1-2(5)4(6,9)3(7)8/h2,9H,1H3,(H,7,8). The Kier molecular flexibility index (Phi) is 3.11. The number of aliphatic carboxylic acids is 1. The van der Waals surface area contributed by atoms with Crippen molar-refractivity contribution in [2.45, 2.75) is 16.3 Å². The van der Waals surface area contributed by atoms with Gasteiger partial charge in [0, 0.05) is 0 Å². The normalized spacial score (nSPS) is 20.4. The third-order valence-electron chi connectivity index (χ3n) is 0.827. The lowest BCUT2D eigenvalue weighted by molar-refractivity contribution is -0.148. The van der Waals surface area contributed by atoms with Crippen LogP contribution in [0, 0.1) is 0 Å². The van der Waals surface area contributed by atoms with Gasteiger partial charge >= 0.3 is 5.97 Å². The lowest BCUT2D eigenvalue weighted by atomic mass is 10.3. The lowest BCUT2D eigenvalue weighted by Gasteiger charge is -2.17. The summed E-state index contributed by atoms with van der Waals surface area (Å²) in [6.45, 7) is 1.53. The van der Waals surface area contributed by atoms with Crippen LogP contribution in [0.4, 0.5) is 0 Å². The Morgan fingerprint density at radius 1 is 1.78 bits per heavy atom. The topological polar surface area (TPSA) is 57.5 Å². The average Bonchev–Trinajstić information content (AvgIpc) is 1.65. The van der Waals surface area contributed by atoms with Crippen LogP contribution in [-0.4, -0.2) is 25.5 Å². The Labute approximate surface area is 69.3 Å². The Morgan fingerprint density at radius 3 is 2.11 bits per heavy atom. The van der Waals surface area contributed by atoms with E-state index in [1.54, 1.807) is 0 Å². The molecule has 5 heteroatoms. The average molecular weight is 262 g/mol. The second kappa shape index (κ2) is 2.98. The number of rotatable bonds is 2. The lowest BCUT2D eigenvalue weighted by Crippen LogP contribution is -2.38. The molecule has 9 heavy (non-hydrogen) atoms. The molecule has 0 aliphatic carbocycles. The molecule has 0 bridgehead atoms. The summed E-state index contributed by atoms with van der Waals surface area (Å²) in [6, 6.07) is 0. The molecule has 0 aromatic rings. The first kappa shape index (κ1) is 9.39. The molecule has 0 fully saturated rings. The van der Waals surface area contributed by atoms with Crippen LogP contribution in [0.25, 0.3) is 0 Å². The third kappa shape index (κ3) is 2.23. The predicted molar refractivity (Wildman–Crippen MR) is 39.9 cm³/mol. The quantitative estimate of drug-likeness (QED) is 0.728. The molecule has 0 spiro atoms. The van der Waals surface area contributed by atoms with Crippen LogP contribution in [0.15, 0.2) is 0 Å². The summed E-state index contributed by atoms with van der Waals surface area (Å²) in [4.78, 5) is 9.61. The molecule has 0 heterocycles. The highest BCUT2D eigenvalue weighted by Crippen LogP contribution is 2.24. The molecular formula is C4H6Br2O3. The summed E-state index contributed by atoms with van der Waals surface area (Å²) < 4.78 is -1.85. The van der Waals surface area contributed by atoms with E-state index in [0.717, 1.165) is 0 Å². The maximum absolute atomic E-state index is 10.1. The van der Waals surface area contributed by atoms with Crippen molar-refractivity contribution in [3.63, 3.8) is 0 Å². The van der Waals surface area contributed by atoms with E-state index < -0.39 is 15.3 Å². The molecule has 2 unspecified atom stereocenters. The second-order valence-electron chi connectivity index (χ2n) is 1.59. The molecule has 0 rings (SSSR count). The SMILES string of the molecule is CC(Br)C(O)(Br)C(=O)O. The molecule has 0 amide bonds. The minimum absolute atomic E-state index is 0.525. The van der Waals surface area contributed by atoms with Crippen molar-refractivity contribution < 1.29 is 15.0 Å². The first-order valence-electron chi connectivity index (χ1n) is 2.17. The molecule has 2 atom stereocenters. The van der Waals surface area contributed by atoms with E-state index in [1.807, 2.05) is 0 Å². The van der Waals surface area contributed by atoms with E-state index >= 15 is 0 Å². The summed E-state index contributed by atoms with van der Waals surface area (Å²) in [5.41, 5.74) is 0. The monoisotopic (exact) mass is 260 g/mol. The number of hydrogen-bond acceptors (Lipinski definition) is 2. The van der Waals surface area contributed by atoms with Crippen molar-refractivity contribution in [2.75, 3.05) is 0 Å². The van der Waals surface area contributed by atoms with Gasteiger partial charge in [-0.2, -0.15) is 0 Å².